The van der Waals surface area contributed by atoms with Gasteiger partial charge in [-0.2, -0.15) is 0 Å². The van der Waals surface area contributed by atoms with Gasteiger partial charge in [0, 0.05) is 6.42 Å². The molecule has 0 aliphatic carbocycles. The number of aldehydes is 1. The zero-order valence-corrected chi connectivity index (χ0v) is 12.2. The number of benzene rings is 2. The second-order valence-electron chi connectivity index (χ2n) is 5.13. The summed E-state index contributed by atoms with van der Waals surface area (Å²) in [6, 6.07) is 14.7. The highest BCUT2D eigenvalue weighted by Gasteiger charge is 2.13. The average Bonchev–Trinajstić information content (AvgIpc) is 3.03. The highest BCUT2D eigenvalue weighted by atomic mass is 16.4. The Kier molecular flexibility index (Phi) is 4.01. The van der Waals surface area contributed by atoms with Crippen LogP contribution in [0.4, 0.5) is 0 Å². The number of nitrogens with zero attached hydrogens (tertiary/aromatic N) is 1. The first kappa shape index (κ1) is 14.7. The predicted octanol–water partition coefficient (Wildman–Crippen LogP) is 3.18. The number of aromatic amines is 1. The summed E-state index contributed by atoms with van der Waals surface area (Å²) in [5, 5.41) is 9.49. The van der Waals surface area contributed by atoms with Gasteiger partial charge in [-0.15, -0.1) is 0 Å². The van der Waals surface area contributed by atoms with Crippen LogP contribution in [0, 0.1) is 0 Å². The van der Waals surface area contributed by atoms with Crippen molar-refractivity contribution in [2.75, 3.05) is 0 Å². The third-order valence-electron chi connectivity index (χ3n) is 3.55. The summed E-state index contributed by atoms with van der Waals surface area (Å²) in [5.74, 6) is -0.352. The molecule has 1 aromatic heterocycles. The van der Waals surface area contributed by atoms with Crippen LogP contribution in [0.15, 0.2) is 54.7 Å². The highest BCUT2D eigenvalue weighted by Crippen LogP contribution is 2.25. The number of aromatic carboxylic acids is 1. The number of H-pyrrole nitrogens is 1. The van der Waals surface area contributed by atoms with E-state index in [0.29, 0.717) is 29.8 Å². The molecule has 23 heavy (non-hydrogen) atoms. The Morgan fingerprint density at radius 2 is 1.96 bits per heavy atom. The van der Waals surface area contributed by atoms with E-state index in [-0.39, 0.29) is 5.56 Å². The minimum Gasteiger partial charge on any atom is -0.478 e. The lowest BCUT2D eigenvalue weighted by atomic mass is 9.96. The van der Waals surface area contributed by atoms with Gasteiger partial charge in [0.1, 0.15) is 5.82 Å². The summed E-state index contributed by atoms with van der Waals surface area (Å²) < 4.78 is 0. The third-order valence-corrected chi connectivity index (χ3v) is 3.55. The average molecular weight is 306 g/mol. The lowest BCUT2D eigenvalue weighted by Gasteiger charge is -2.08. The number of rotatable bonds is 5. The van der Waals surface area contributed by atoms with E-state index < -0.39 is 5.97 Å². The molecule has 0 unspecified atom stereocenters. The minimum atomic E-state index is -0.973. The molecule has 0 radical (unpaired) electrons. The molecule has 2 N–H and O–H groups in total. The van der Waals surface area contributed by atoms with Crippen LogP contribution in [-0.4, -0.2) is 27.3 Å². The number of hydrogen-bond acceptors (Lipinski definition) is 3. The molecular weight excluding hydrogens is 292 g/mol. The van der Waals surface area contributed by atoms with Gasteiger partial charge in [0.2, 0.25) is 0 Å². The van der Waals surface area contributed by atoms with Gasteiger partial charge in [0.05, 0.1) is 17.5 Å². The third kappa shape index (κ3) is 3.18. The van der Waals surface area contributed by atoms with E-state index in [9.17, 15) is 14.7 Å². The summed E-state index contributed by atoms with van der Waals surface area (Å²) in [4.78, 5) is 29.2. The molecule has 1 heterocycles. The van der Waals surface area contributed by atoms with Gasteiger partial charge in [-0.3, -0.25) is 4.79 Å². The smallest absolute Gasteiger partial charge is 0.336 e. The Bertz CT molecular complexity index is 854. The summed E-state index contributed by atoms with van der Waals surface area (Å²) in [5.41, 5.74) is 3.00. The van der Waals surface area contributed by atoms with Crippen molar-refractivity contribution < 1.29 is 14.7 Å². The molecule has 3 rings (SSSR count). The monoisotopic (exact) mass is 306 g/mol. The van der Waals surface area contributed by atoms with Gasteiger partial charge >= 0.3 is 5.97 Å². The molecule has 114 valence electrons. The molecule has 0 fully saturated rings. The zero-order chi connectivity index (χ0) is 16.2. The lowest BCUT2D eigenvalue weighted by molar-refractivity contribution is 0.0697. The van der Waals surface area contributed by atoms with Gasteiger partial charge in [-0.25, -0.2) is 9.78 Å². The van der Waals surface area contributed by atoms with Crippen LogP contribution in [0.3, 0.4) is 0 Å². The number of imidazole rings is 1. The van der Waals surface area contributed by atoms with E-state index in [1.807, 2.05) is 36.4 Å². The number of hydrogen-bond donors (Lipinski definition) is 2. The molecule has 0 saturated carbocycles. The number of carboxylic acids is 1. The summed E-state index contributed by atoms with van der Waals surface area (Å²) in [6.07, 6.45) is 2.58. The molecule has 0 aliphatic rings. The van der Waals surface area contributed by atoms with Crippen LogP contribution in [0.2, 0.25) is 0 Å². The van der Waals surface area contributed by atoms with Crippen molar-refractivity contribution >= 4 is 12.3 Å². The van der Waals surface area contributed by atoms with Crippen molar-refractivity contribution in [3.63, 3.8) is 0 Å². The maximum Gasteiger partial charge on any atom is 0.336 e. The van der Waals surface area contributed by atoms with E-state index in [2.05, 4.69) is 9.97 Å². The van der Waals surface area contributed by atoms with Crippen molar-refractivity contribution in [1.29, 1.82) is 0 Å². The molecule has 5 nitrogen and oxygen atoms in total. The van der Waals surface area contributed by atoms with E-state index >= 15 is 0 Å². The molecule has 0 atom stereocenters. The first-order chi connectivity index (χ1) is 11.2. The van der Waals surface area contributed by atoms with Gasteiger partial charge in [-0.05, 0) is 22.8 Å². The van der Waals surface area contributed by atoms with Gasteiger partial charge in [0.25, 0.3) is 0 Å². The van der Waals surface area contributed by atoms with Crippen molar-refractivity contribution in [2.24, 2.45) is 0 Å². The fourth-order valence-electron chi connectivity index (χ4n) is 2.47. The normalized spacial score (nSPS) is 10.4. The first-order valence-corrected chi connectivity index (χ1v) is 7.08. The van der Waals surface area contributed by atoms with Gasteiger partial charge in [-0.1, -0.05) is 42.5 Å². The maximum absolute atomic E-state index is 11.6. The number of carbonyl (C=O) groups excluding carboxylic acids is 1. The van der Waals surface area contributed by atoms with Gasteiger partial charge in [0.15, 0.2) is 6.29 Å². The van der Waals surface area contributed by atoms with E-state index in [4.69, 9.17) is 0 Å². The summed E-state index contributed by atoms with van der Waals surface area (Å²) in [6.45, 7) is 0. The first-order valence-electron chi connectivity index (χ1n) is 7.08. The van der Waals surface area contributed by atoms with Crippen LogP contribution in [0.1, 0.15) is 32.2 Å². The largest absolute Gasteiger partial charge is 0.478 e. The van der Waals surface area contributed by atoms with Crippen LogP contribution in [0.25, 0.3) is 11.1 Å². The molecule has 5 heteroatoms. The predicted molar refractivity (Wildman–Crippen MR) is 85.6 cm³/mol. The number of aromatic nitrogens is 2. The van der Waals surface area contributed by atoms with Crippen LogP contribution < -0.4 is 0 Å². The van der Waals surface area contributed by atoms with Crippen LogP contribution in [0.5, 0.6) is 0 Å². The zero-order valence-electron chi connectivity index (χ0n) is 12.2. The van der Waals surface area contributed by atoms with Crippen LogP contribution in [-0.2, 0) is 6.42 Å². The Labute approximate surface area is 132 Å². The fourth-order valence-corrected chi connectivity index (χ4v) is 2.47. The maximum atomic E-state index is 11.6. The summed E-state index contributed by atoms with van der Waals surface area (Å²) >= 11 is 0. The van der Waals surface area contributed by atoms with Crippen molar-refractivity contribution in [3.05, 3.63) is 77.4 Å². The number of nitrogens with one attached hydrogen (secondary N) is 1. The van der Waals surface area contributed by atoms with Crippen molar-refractivity contribution in [1.82, 2.24) is 9.97 Å². The topological polar surface area (TPSA) is 83.1 Å². The molecule has 0 spiro atoms. The minimum absolute atomic E-state index is 0.246. The molecule has 2 aromatic carbocycles. The lowest BCUT2D eigenvalue weighted by Crippen LogP contribution is -2.02. The Morgan fingerprint density at radius 1 is 1.17 bits per heavy atom. The molecule has 3 aromatic rings. The Morgan fingerprint density at radius 3 is 2.61 bits per heavy atom. The molecule has 0 amide bonds. The quantitative estimate of drug-likeness (QED) is 0.709. The second kappa shape index (κ2) is 6.27. The Hall–Kier alpha value is -3.21. The fraction of sp³-hybridized carbons (Fsp3) is 0.0556. The van der Waals surface area contributed by atoms with E-state index in [0.717, 1.165) is 11.1 Å². The number of carboxylic acid groups (broad SMARTS) is 1. The molecular formula is C18H14N2O3. The summed E-state index contributed by atoms with van der Waals surface area (Å²) in [7, 11) is 0. The Balaban J connectivity index is 1.96. The highest BCUT2D eigenvalue weighted by molar-refractivity contribution is 5.96. The second-order valence-corrected chi connectivity index (χ2v) is 5.13. The molecule has 0 bridgehead atoms. The van der Waals surface area contributed by atoms with Crippen LogP contribution >= 0.6 is 0 Å². The van der Waals surface area contributed by atoms with E-state index in [1.165, 1.54) is 6.20 Å². The SMILES string of the molecule is O=Cc1cnc(Cc2ccc(-c3ccccc3)c(C(=O)O)c2)[nH]1. The molecule has 0 aliphatic heterocycles. The van der Waals surface area contributed by atoms with Crippen molar-refractivity contribution in [2.45, 2.75) is 6.42 Å². The molecule has 0 saturated heterocycles. The number of carbonyl (C=O) groups is 2. The standard InChI is InChI=1S/C18H14N2O3/c21-11-14-10-19-17(20-14)9-12-6-7-15(16(8-12)18(22)23)13-4-2-1-3-5-13/h1-8,10-11H,9H2,(H,19,20)(H,22,23). The van der Waals surface area contributed by atoms with Gasteiger partial charge < -0.3 is 10.1 Å². The van der Waals surface area contributed by atoms with Crippen molar-refractivity contribution in [3.8, 4) is 11.1 Å². The van der Waals surface area contributed by atoms with E-state index in [1.54, 1.807) is 12.1 Å².